The molecule has 1 aromatic rings. The molecule has 0 aromatic heterocycles. The van der Waals surface area contributed by atoms with Gasteiger partial charge in [-0.25, -0.2) is 0 Å². The number of carbonyl (C=O) groups excluding carboxylic acids is 1. The van der Waals surface area contributed by atoms with Gasteiger partial charge in [0.1, 0.15) is 5.41 Å². The van der Waals surface area contributed by atoms with Crippen molar-refractivity contribution in [3.05, 3.63) is 27.7 Å². The standard InChI is InChI=1S/C13H14Cl2N2O4/c1-13(12(19)20)5-21-4-9(13)17-11(18)6-2-7(14)10(16)8(15)3-6/h2-3,9H,4-5,16H2,1H3,(H,17,18)(H,19,20). The predicted molar refractivity (Wildman–Crippen MR) is 78.7 cm³/mol. The molecule has 2 unspecified atom stereocenters. The van der Waals surface area contributed by atoms with Crippen LogP contribution in [0.4, 0.5) is 5.69 Å². The van der Waals surface area contributed by atoms with Crippen molar-refractivity contribution in [2.45, 2.75) is 13.0 Å². The molecule has 8 heteroatoms. The number of carboxylic acid groups (broad SMARTS) is 1. The number of halogens is 2. The highest BCUT2D eigenvalue weighted by molar-refractivity contribution is 6.39. The third-order valence-corrected chi connectivity index (χ3v) is 4.22. The highest BCUT2D eigenvalue weighted by Crippen LogP contribution is 2.31. The van der Waals surface area contributed by atoms with E-state index in [2.05, 4.69) is 5.32 Å². The SMILES string of the molecule is CC1(C(=O)O)COCC1NC(=O)c1cc(Cl)c(N)c(Cl)c1. The van der Waals surface area contributed by atoms with Gasteiger partial charge in [0.2, 0.25) is 0 Å². The molecule has 1 heterocycles. The normalized spacial score (nSPS) is 24.8. The third kappa shape index (κ3) is 2.92. The van der Waals surface area contributed by atoms with E-state index in [0.717, 1.165) is 0 Å². The molecule has 1 fully saturated rings. The molecular formula is C13H14Cl2N2O4. The van der Waals surface area contributed by atoms with Gasteiger partial charge in [-0.05, 0) is 19.1 Å². The largest absolute Gasteiger partial charge is 0.481 e. The third-order valence-electron chi connectivity index (χ3n) is 3.59. The van der Waals surface area contributed by atoms with Crippen molar-refractivity contribution in [1.82, 2.24) is 5.32 Å². The van der Waals surface area contributed by atoms with Crippen LogP contribution in [0.1, 0.15) is 17.3 Å². The number of ether oxygens (including phenoxy) is 1. The van der Waals surface area contributed by atoms with Crippen LogP contribution < -0.4 is 11.1 Å². The van der Waals surface area contributed by atoms with Crippen LogP contribution in [-0.2, 0) is 9.53 Å². The fraction of sp³-hybridized carbons (Fsp3) is 0.385. The van der Waals surface area contributed by atoms with E-state index >= 15 is 0 Å². The number of anilines is 1. The summed E-state index contributed by atoms with van der Waals surface area (Å²) in [6.45, 7) is 1.69. The van der Waals surface area contributed by atoms with Gasteiger partial charge in [0, 0.05) is 5.56 Å². The number of aliphatic carboxylic acids is 1. The average molecular weight is 333 g/mol. The Balaban J connectivity index is 2.21. The number of carboxylic acids is 1. The fourth-order valence-corrected chi connectivity index (χ4v) is 2.53. The molecule has 0 saturated carbocycles. The average Bonchev–Trinajstić information content (AvgIpc) is 2.78. The van der Waals surface area contributed by atoms with Gasteiger partial charge in [0.15, 0.2) is 0 Å². The molecule has 114 valence electrons. The Labute approximate surface area is 131 Å². The van der Waals surface area contributed by atoms with Gasteiger partial charge in [-0.15, -0.1) is 0 Å². The molecule has 0 aliphatic carbocycles. The van der Waals surface area contributed by atoms with Crippen LogP contribution in [0.2, 0.25) is 10.0 Å². The topological polar surface area (TPSA) is 102 Å². The molecular weight excluding hydrogens is 319 g/mol. The summed E-state index contributed by atoms with van der Waals surface area (Å²) in [6.07, 6.45) is 0. The molecule has 1 amide bonds. The maximum absolute atomic E-state index is 12.2. The van der Waals surface area contributed by atoms with Gasteiger partial charge in [-0.1, -0.05) is 23.2 Å². The maximum Gasteiger partial charge on any atom is 0.313 e. The molecule has 1 saturated heterocycles. The van der Waals surface area contributed by atoms with Gasteiger partial charge >= 0.3 is 5.97 Å². The number of rotatable bonds is 3. The number of hydrogen-bond donors (Lipinski definition) is 3. The maximum atomic E-state index is 12.2. The fourth-order valence-electron chi connectivity index (χ4n) is 2.04. The van der Waals surface area contributed by atoms with E-state index in [9.17, 15) is 14.7 Å². The van der Waals surface area contributed by atoms with Gasteiger partial charge in [0.05, 0.1) is 35.0 Å². The van der Waals surface area contributed by atoms with Crippen LogP contribution in [0.5, 0.6) is 0 Å². The van der Waals surface area contributed by atoms with E-state index in [0.29, 0.717) is 0 Å². The minimum atomic E-state index is -1.17. The molecule has 2 atom stereocenters. The number of benzene rings is 1. The smallest absolute Gasteiger partial charge is 0.313 e. The molecule has 21 heavy (non-hydrogen) atoms. The second kappa shape index (κ2) is 5.71. The number of amides is 1. The number of carbonyl (C=O) groups is 2. The summed E-state index contributed by atoms with van der Waals surface area (Å²) in [7, 11) is 0. The highest BCUT2D eigenvalue weighted by atomic mass is 35.5. The summed E-state index contributed by atoms with van der Waals surface area (Å²) < 4.78 is 5.17. The van der Waals surface area contributed by atoms with Crippen molar-refractivity contribution < 1.29 is 19.4 Å². The zero-order chi connectivity index (χ0) is 15.8. The van der Waals surface area contributed by atoms with Crippen molar-refractivity contribution in [2.24, 2.45) is 5.41 Å². The Hall–Kier alpha value is -1.50. The van der Waals surface area contributed by atoms with Crippen molar-refractivity contribution in [1.29, 1.82) is 0 Å². The molecule has 0 spiro atoms. The van der Waals surface area contributed by atoms with Crippen LogP contribution >= 0.6 is 23.2 Å². The molecule has 1 aromatic carbocycles. The van der Waals surface area contributed by atoms with Gasteiger partial charge < -0.3 is 20.9 Å². The molecule has 0 radical (unpaired) electrons. The first kappa shape index (κ1) is 15.9. The first-order valence-corrected chi connectivity index (χ1v) is 6.88. The molecule has 2 rings (SSSR count). The van der Waals surface area contributed by atoms with Crippen LogP contribution in [0.25, 0.3) is 0 Å². The van der Waals surface area contributed by atoms with E-state index < -0.39 is 23.3 Å². The summed E-state index contributed by atoms with van der Waals surface area (Å²) in [5, 5.41) is 12.2. The van der Waals surface area contributed by atoms with Gasteiger partial charge in [-0.3, -0.25) is 9.59 Å². The Morgan fingerprint density at radius 1 is 1.43 bits per heavy atom. The Morgan fingerprint density at radius 3 is 2.52 bits per heavy atom. The summed E-state index contributed by atoms with van der Waals surface area (Å²) in [4.78, 5) is 23.5. The summed E-state index contributed by atoms with van der Waals surface area (Å²) in [5.41, 5.74) is 4.83. The zero-order valence-electron chi connectivity index (χ0n) is 11.2. The zero-order valence-corrected chi connectivity index (χ0v) is 12.7. The summed E-state index contributed by atoms with van der Waals surface area (Å²) >= 11 is 11.8. The second-order valence-electron chi connectivity index (χ2n) is 5.12. The van der Waals surface area contributed by atoms with Crippen LogP contribution in [0, 0.1) is 5.41 Å². The molecule has 0 bridgehead atoms. The Kier molecular flexibility index (Phi) is 4.32. The lowest BCUT2D eigenvalue weighted by Gasteiger charge is -2.25. The number of hydrogen-bond acceptors (Lipinski definition) is 4. The van der Waals surface area contributed by atoms with Gasteiger partial charge in [0.25, 0.3) is 5.91 Å². The number of nitrogens with two attached hydrogens (primary N) is 1. The van der Waals surface area contributed by atoms with E-state index in [1.807, 2.05) is 0 Å². The van der Waals surface area contributed by atoms with Crippen molar-refractivity contribution >= 4 is 40.8 Å². The van der Waals surface area contributed by atoms with Crippen molar-refractivity contribution in [2.75, 3.05) is 18.9 Å². The molecule has 1 aliphatic rings. The van der Waals surface area contributed by atoms with E-state index in [4.69, 9.17) is 33.7 Å². The first-order valence-electron chi connectivity index (χ1n) is 6.12. The van der Waals surface area contributed by atoms with Crippen LogP contribution in [0.15, 0.2) is 12.1 Å². The monoisotopic (exact) mass is 332 g/mol. The van der Waals surface area contributed by atoms with Crippen LogP contribution in [0.3, 0.4) is 0 Å². The first-order chi connectivity index (χ1) is 9.75. The van der Waals surface area contributed by atoms with Crippen molar-refractivity contribution in [3.63, 3.8) is 0 Å². The highest BCUT2D eigenvalue weighted by Gasteiger charge is 2.47. The summed E-state index contributed by atoms with van der Waals surface area (Å²) in [6, 6.07) is 2.12. The lowest BCUT2D eigenvalue weighted by molar-refractivity contribution is -0.148. The van der Waals surface area contributed by atoms with Crippen molar-refractivity contribution in [3.8, 4) is 0 Å². The lowest BCUT2D eigenvalue weighted by atomic mass is 9.85. The predicted octanol–water partition coefficient (Wildman–Crippen LogP) is 1.80. The quantitative estimate of drug-likeness (QED) is 0.732. The molecule has 1 aliphatic heterocycles. The number of nitrogens with one attached hydrogen (secondary N) is 1. The molecule has 6 nitrogen and oxygen atoms in total. The minimum Gasteiger partial charge on any atom is -0.481 e. The van der Waals surface area contributed by atoms with E-state index in [1.54, 1.807) is 0 Å². The Bertz CT molecular complexity index is 585. The Morgan fingerprint density at radius 2 is 2.00 bits per heavy atom. The second-order valence-corrected chi connectivity index (χ2v) is 5.93. The molecule has 4 N–H and O–H groups in total. The number of nitrogen functional groups attached to an aromatic ring is 1. The van der Waals surface area contributed by atoms with Gasteiger partial charge in [-0.2, -0.15) is 0 Å². The minimum absolute atomic E-state index is 0.0382. The summed E-state index contributed by atoms with van der Waals surface area (Å²) in [5.74, 6) is -1.51. The van der Waals surface area contributed by atoms with E-state index in [-0.39, 0.29) is 34.5 Å². The lowest BCUT2D eigenvalue weighted by Crippen LogP contribution is -2.49. The van der Waals surface area contributed by atoms with Crippen LogP contribution in [-0.4, -0.2) is 36.2 Å². The van der Waals surface area contributed by atoms with E-state index in [1.165, 1.54) is 19.1 Å².